The molecule has 0 unspecified atom stereocenters. The fourth-order valence-corrected chi connectivity index (χ4v) is 3.67. The van der Waals surface area contributed by atoms with Crippen LogP contribution < -0.4 is 0 Å². The first kappa shape index (κ1) is 13.7. The molecule has 8 heteroatoms. The summed E-state index contributed by atoms with van der Waals surface area (Å²) >= 11 is 0. The Morgan fingerprint density at radius 1 is 1.26 bits per heavy atom. The molecule has 0 aromatic heterocycles. The third kappa shape index (κ3) is 1.86. The number of piperidine rings is 1. The van der Waals surface area contributed by atoms with E-state index in [2.05, 4.69) is 0 Å². The van der Waals surface area contributed by atoms with Gasteiger partial charge in [0.1, 0.15) is 6.42 Å². The summed E-state index contributed by atoms with van der Waals surface area (Å²) in [5.41, 5.74) is -2.75. The highest BCUT2D eigenvalue weighted by Gasteiger charge is 2.70. The van der Waals surface area contributed by atoms with E-state index < -0.39 is 16.0 Å². The van der Waals surface area contributed by atoms with Gasteiger partial charge in [-0.2, -0.15) is 0 Å². The van der Waals surface area contributed by atoms with Crippen LogP contribution in [0, 0.1) is 20.2 Å². The van der Waals surface area contributed by atoms with E-state index in [9.17, 15) is 20.2 Å². The van der Waals surface area contributed by atoms with Crippen LogP contribution in [0.5, 0.6) is 0 Å². The molecule has 1 aliphatic heterocycles. The molecule has 2 atom stereocenters. The molecule has 1 aliphatic carbocycles. The van der Waals surface area contributed by atoms with Gasteiger partial charge in [-0.3, -0.25) is 20.2 Å². The molecule has 19 heavy (non-hydrogen) atoms. The van der Waals surface area contributed by atoms with Gasteiger partial charge in [-0.1, -0.05) is 0 Å². The quantitative estimate of drug-likeness (QED) is 0.422. The molecule has 0 N–H and O–H groups in total. The van der Waals surface area contributed by atoms with Gasteiger partial charge in [0.2, 0.25) is 0 Å². The van der Waals surface area contributed by atoms with E-state index >= 15 is 0 Å². The minimum absolute atomic E-state index is 0.0959. The van der Waals surface area contributed by atoms with Crippen molar-refractivity contribution in [3.8, 4) is 0 Å². The molecule has 0 spiro atoms. The molecule has 8 nitrogen and oxygen atoms in total. The van der Waals surface area contributed by atoms with Gasteiger partial charge in [-0.05, 0) is 6.08 Å². The standard InChI is InChI=1S/C11H18N3O5/c1-14(2)7-10(12(15)16)5-4-9(19-3)11(6-10,8-14)13(17)18/h4H,5-8H2,1-3H3/q+1/t10-,11+/m1/s1. The number of rotatable bonds is 3. The van der Waals surface area contributed by atoms with Crippen LogP contribution in [0.1, 0.15) is 12.8 Å². The molecule has 0 amide bonds. The van der Waals surface area contributed by atoms with E-state index in [0.717, 1.165) is 0 Å². The van der Waals surface area contributed by atoms with Crippen LogP contribution in [-0.4, -0.2) is 59.7 Å². The third-order valence-electron chi connectivity index (χ3n) is 4.12. The summed E-state index contributed by atoms with van der Waals surface area (Å²) in [7, 11) is 4.95. The molecule has 2 rings (SSSR count). The Morgan fingerprint density at radius 3 is 2.37 bits per heavy atom. The topological polar surface area (TPSA) is 95.5 Å². The van der Waals surface area contributed by atoms with E-state index in [0.29, 0.717) is 6.54 Å². The Hall–Kier alpha value is -1.70. The second-order valence-corrected chi connectivity index (χ2v) is 6.18. The van der Waals surface area contributed by atoms with Crippen LogP contribution in [0.3, 0.4) is 0 Å². The van der Waals surface area contributed by atoms with Crippen LogP contribution >= 0.6 is 0 Å². The largest absolute Gasteiger partial charge is 0.494 e. The fraction of sp³-hybridized carbons (Fsp3) is 0.818. The number of likely N-dealkylation sites (N-methyl/N-ethyl adjacent to an activating group) is 1. The summed E-state index contributed by atoms with van der Waals surface area (Å²) in [6.45, 7) is 0.498. The van der Waals surface area contributed by atoms with Crippen LogP contribution in [0.2, 0.25) is 0 Å². The number of ether oxygens (including phenoxy) is 1. The molecule has 2 bridgehead atoms. The van der Waals surface area contributed by atoms with E-state index in [1.807, 2.05) is 0 Å². The summed E-state index contributed by atoms with van der Waals surface area (Å²) in [6.07, 6.45) is 1.61. The summed E-state index contributed by atoms with van der Waals surface area (Å²) in [6, 6.07) is 0. The lowest BCUT2D eigenvalue weighted by Gasteiger charge is -2.47. The molecular formula is C11H18N3O5+. The molecule has 1 heterocycles. The van der Waals surface area contributed by atoms with Crippen molar-refractivity contribution in [1.29, 1.82) is 0 Å². The van der Waals surface area contributed by atoms with Crippen molar-refractivity contribution in [1.82, 2.24) is 0 Å². The predicted octanol–water partition coefficient (Wildman–Crippen LogP) is 0.431. The number of nitro groups is 2. The molecule has 0 saturated carbocycles. The molecule has 2 aliphatic rings. The number of likely N-dealkylation sites (tertiary alicyclic amines) is 1. The van der Waals surface area contributed by atoms with Crippen molar-refractivity contribution in [3.63, 3.8) is 0 Å². The van der Waals surface area contributed by atoms with Gasteiger partial charge in [0.15, 0.2) is 18.8 Å². The van der Waals surface area contributed by atoms with Crippen molar-refractivity contribution in [3.05, 3.63) is 32.1 Å². The third-order valence-corrected chi connectivity index (χ3v) is 4.12. The number of nitrogens with zero attached hydrogens (tertiary/aromatic N) is 3. The predicted molar refractivity (Wildman–Crippen MR) is 65.6 cm³/mol. The van der Waals surface area contributed by atoms with E-state index in [1.54, 1.807) is 14.1 Å². The van der Waals surface area contributed by atoms with Gasteiger partial charge >= 0.3 is 5.54 Å². The Kier molecular flexibility index (Phi) is 2.81. The maximum absolute atomic E-state index is 11.6. The van der Waals surface area contributed by atoms with Crippen molar-refractivity contribution in [2.75, 3.05) is 34.3 Å². The lowest BCUT2D eigenvalue weighted by atomic mass is 9.70. The number of quaternary nitrogens is 1. The van der Waals surface area contributed by atoms with Gasteiger partial charge in [-0.15, -0.1) is 0 Å². The summed E-state index contributed by atoms with van der Waals surface area (Å²) in [4.78, 5) is 22.2. The highest BCUT2D eigenvalue weighted by molar-refractivity contribution is 5.21. The van der Waals surface area contributed by atoms with Crippen molar-refractivity contribution >= 4 is 0 Å². The monoisotopic (exact) mass is 272 g/mol. The first-order valence-corrected chi connectivity index (χ1v) is 6.03. The molecule has 1 saturated heterocycles. The van der Waals surface area contributed by atoms with Crippen LogP contribution in [0.4, 0.5) is 0 Å². The number of hydrogen-bond donors (Lipinski definition) is 0. The smallest absolute Gasteiger partial charge is 0.331 e. The molecule has 0 aromatic carbocycles. The molecule has 0 radical (unpaired) electrons. The summed E-state index contributed by atoms with van der Waals surface area (Å²) in [5.74, 6) is 0.251. The lowest BCUT2D eigenvalue weighted by Crippen LogP contribution is -2.72. The number of fused-ring (bicyclic) bond motifs is 2. The normalized spacial score (nSPS) is 36.3. The Balaban J connectivity index is 2.60. The Labute approximate surface area is 110 Å². The first-order valence-electron chi connectivity index (χ1n) is 6.03. The van der Waals surface area contributed by atoms with E-state index in [4.69, 9.17) is 4.74 Å². The lowest BCUT2D eigenvalue weighted by molar-refractivity contribution is -0.934. The second kappa shape index (κ2) is 3.89. The van der Waals surface area contributed by atoms with Crippen molar-refractivity contribution in [2.24, 2.45) is 0 Å². The summed E-state index contributed by atoms with van der Waals surface area (Å²) in [5, 5.41) is 23.0. The maximum atomic E-state index is 11.6. The average Bonchev–Trinajstić information content (AvgIpc) is 2.26. The number of hydrogen-bond acceptors (Lipinski definition) is 5. The van der Waals surface area contributed by atoms with Gasteiger partial charge in [0.05, 0.1) is 21.2 Å². The number of methoxy groups -OCH3 is 1. The van der Waals surface area contributed by atoms with Crippen molar-refractivity contribution in [2.45, 2.75) is 23.9 Å². The minimum Gasteiger partial charge on any atom is -0.494 e. The van der Waals surface area contributed by atoms with Crippen LogP contribution in [0.25, 0.3) is 0 Å². The first-order chi connectivity index (χ1) is 8.67. The second-order valence-electron chi connectivity index (χ2n) is 6.18. The van der Waals surface area contributed by atoms with Crippen LogP contribution in [-0.2, 0) is 4.74 Å². The highest BCUT2D eigenvalue weighted by Crippen LogP contribution is 2.45. The molecule has 0 aromatic rings. The van der Waals surface area contributed by atoms with Gasteiger partial charge in [0.25, 0.3) is 5.54 Å². The zero-order valence-corrected chi connectivity index (χ0v) is 11.3. The highest BCUT2D eigenvalue weighted by atomic mass is 16.6. The van der Waals surface area contributed by atoms with Crippen molar-refractivity contribution < 1.29 is 19.1 Å². The van der Waals surface area contributed by atoms with E-state index in [-0.39, 0.29) is 34.6 Å². The SMILES string of the molecule is COC1=CC[C@@]2([N+](=O)[O-])C[C@]1([N+](=O)[O-])C[N+](C)(C)C2. The summed E-state index contributed by atoms with van der Waals surface area (Å²) < 4.78 is 5.39. The minimum atomic E-state index is -1.48. The average molecular weight is 272 g/mol. The Bertz CT molecular complexity index is 475. The maximum Gasteiger partial charge on any atom is 0.331 e. The van der Waals surface area contributed by atoms with Gasteiger partial charge in [0, 0.05) is 16.3 Å². The van der Waals surface area contributed by atoms with Crippen LogP contribution in [0.15, 0.2) is 11.8 Å². The van der Waals surface area contributed by atoms with E-state index in [1.165, 1.54) is 13.2 Å². The fourth-order valence-electron chi connectivity index (χ4n) is 3.67. The van der Waals surface area contributed by atoms with Gasteiger partial charge in [-0.25, -0.2) is 0 Å². The Morgan fingerprint density at radius 2 is 1.89 bits per heavy atom. The zero-order valence-electron chi connectivity index (χ0n) is 11.3. The molecule has 106 valence electrons. The van der Waals surface area contributed by atoms with Gasteiger partial charge < -0.3 is 9.22 Å². The zero-order chi connectivity index (χ0) is 14.5. The molecule has 1 fully saturated rings. The molecular weight excluding hydrogens is 254 g/mol.